The molecular weight excluding hydrogens is 176 g/mol. The molecule has 4 heteroatoms. The van der Waals surface area contributed by atoms with Crippen molar-refractivity contribution < 1.29 is 0 Å². The highest BCUT2D eigenvalue weighted by molar-refractivity contribution is 8.04. The summed E-state index contributed by atoms with van der Waals surface area (Å²) in [7, 11) is 0. The molecule has 0 aromatic rings. The van der Waals surface area contributed by atoms with E-state index < -0.39 is 0 Å². The van der Waals surface area contributed by atoms with Crippen LogP contribution in [0.5, 0.6) is 0 Å². The van der Waals surface area contributed by atoms with Gasteiger partial charge in [-0.05, 0) is 30.4 Å². The van der Waals surface area contributed by atoms with E-state index in [4.69, 9.17) is 5.26 Å². The lowest BCUT2D eigenvalue weighted by Crippen LogP contribution is -2.12. The number of rotatable bonds is 2. The Morgan fingerprint density at radius 1 is 1.73 bits per heavy atom. The highest BCUT2D eigenvalue weighted by Crippen LogP contribution is 2.25. The van der Waals surface area contributed by atoms with Crippen molar-refractivity contribution in [1.82, 2.24) is 0 Å². The number of nitriles is 1. The van der Waals surface area contributed by atoms with Crippen LogP contribution in [0, 0.1) is 10.7 Å². The van der Waals surface area contributed by atoms with Crippen molar-refractivity contribution in [2.45, 2.75) is 17.7 Å². The van der Waals surface area contributed by atoms with E-state index in [1.165, 1.54) is 11.8 Å². The normalized spacial score (nSPS) is 27.5. The Hall–Kier alpha value is -0.620. The van der Waals surface area contributed by atoms with Gasteiger partial charge in [-0.2, -0.15) is 5.26 Å². The molecule has 0 heterocycles. The topological polar surface area (TPSA) is 36.1 Å². The summed E-state index contributed by atoms with van der Waals surface area (Å²) in [6.45, 7) is 0. The van der Waals surface area contributed by atoms with E-state index in [1.54, 1.807) is 0 Å². The number of isothiocyanates is 1. The fraction of sp³-hybridized carbons (Fsp3) is 0.429. The summed E-state index contributed by atoms with van der Waals surface area (Å²) in [6.07, 6.45) is 4.90. The third kappa shape index (κ3) is 2.16. The molecule has 2 unspecified atom stereocenters. The predicted molar refractivity (Wildman–Crippen MR) is 49.6 cm³/mol. The number of nitrogens with zero attached hydrogens (tertiary/aromatic N) is 2. The molecule has 2 nitrogen and oxygen atoms in total. The average Bonchev–Trinajstić information content (AvgIpc) is 2.39. The first-order valence-corrected chi connectivity index (χ1v) is 4.45. The second kappa shape index (κ2) is 4.30. The van der Waals surface area contributed by atoms with Crippen molar-refractivity contribution in [3.8, 4) is 5.40 Å². The largest absolute Gasteiger partial charge is 0.224 e. The number of hydrogen-bond acceptors (Lipinski definition) is 4. The van der Waals surface area contributed by atoms with Crippen LogP contribution in [0.25, 0.3) is 0 Å². The van der Waals surface area contributed by atoms with E-state index in [9.17, 15) is 0 Å². The second-order valence-corrected chi connectivity index (χ2v) is 3.33. The van der Waals surface area contributed by atoms with Crippen LogP contribution >= 0.6 is 24.0 Å². The van der Waals surface area contributed by atoms with Gasteiger partial charge in [-0.15, -0.1) is 0 Å². The number of allylic oxidation sites excluding steroid dienone is 1. The van der Waals surface area contributed by atoms with Gasteiger partial charge in [-0.25, -0.2) is 4.99 Å². The van der Waals surface area contributed by atoms with E-state index in [1.807, 2.05) is 12.2 Å². The van der Waals surface area contributed by atoms with E-state index >= 15 is 0 Å². The van der Waals surface area contributed by atoms with E-state index in [-0.39, 0.29) is 11.3 Å². The van der Waals surface area contributed by atoms with Gasteiger partial charge in [-0.1, -0.05) is 12.2 Å². The lowest BCUT2D eigenvalue weighted by molar-refractivity contribution is 0.809. The molecule has 2 atom stereocenters. The van der Waals surface area contributed by atoms with Crippen LogP contribution in [0.1, 0.15) is 6.42 Å². The number of aliphatic imine (C=N–C) groups is 1. The lowest BCUT2D eigenvalue weighted by Gasteiger charge is -2.07. The summed E-state index contributed by atoms with van der Waals surface area (Å²) < 4.78 is 0. The van der Waals surface area contributed by atoms with Gasteiger partial charge < -0.3 is 0 Å². The molecule has 0 N–H and O–H groups in total. The van der Waals surface area contributed by atoms with Crippen molar-refractivity contribution in [3.05, 3.63) is 12.2 Å². The van der Waals surface area contributed by atoms with Crippen molar-refractivity contribution in [1.29, 1.82) is 5.26 Å². The minimum Gasteiger partial charge on any atom is -0.224 e. The van der Waals surface area contributed by atoms with Gasteiger partial charge in [0.05, 0.1) is 11.2 Å². The molecule has 0 amide bonds. The standard InChI is InChI=1S/C7H6N2S2/c8-4-11-7-3-1-2-6(7)9-5-10/h1-2,6-7H,3H2. The van der Waals surface area contributed by atoms with Crippen molar-refractivity contribution in [2.75, 3.05) is 0 Å². The van der Waals surface area contributed by atoms with Gasteiger partial charge in [0.1, 0.15) is 5.40 Å². The molecule has 0 aliphatic heterocycles. The maximum Gasteiger partial charge on any atom is 0.133 e. The summed E-state index contributed by atoms with van der Waals surface area (Å²) in [4.78, 5) is 3.93. The Morgan fingerprint density at radius 2 is 2.55 bits per heavy atom. The number of hydrogen-bond donors (Lipinski definition) is 0. The van der Waals surface area contributed by atoms with Crippen LogP contribution in [0.15, 0.2) is 17.1 Å². The highest BCUT2D eigenvalue weighted by Gasteiger charge is 2.22. The van der Waals surface area contributed by atoms with E-state index in [0.29, 0.717) is 0 Å². The molecule has 11 heavy (non-hydrogen) atoms. The number of thiocyanates is 1. The quantitative estimate of drug-likeness (QED) is 0.283. The van der Waals surface area contributed by atoms with E-state index in [0.717, 1.165) is 6.42 Å². The summed E-state index contributed by atoms with van der Waals surface area (Å²) in [5, 5.41) is 13.0. The molecule has 0 aromatic heterocycles. The Bertz CT molecular complexity index is 248. The highest BCUT2D eigenvalue weighted by atomic mass is 32.2. The third-order valence-electron chi connectivity index (χ3n) is 1.49. The Morgan fingerprint density at radius 3 is 3.18 bits per heavy atom. The monoisotopic (exact) mass is 182 g/mol. The number of thiocarbonyl (C=S) groups is 1. The Kier molecular flexibility index (Phi) is 3.31. The molecule has 0 saturated carbocycles. The molecule has 0 radical (unpaired) electrons. The molecular formula is C7H6N2S2. The van der Waals surface area contributed by atoms with Crippen LogP contribution in [-0.4, -0.2) is 16.5 Å². The van der Waals surface area contributed by atoms with Gasteiger partial charge in [0.2, 0.25) is 0 Å². The minimum absolute atomic E-state index is 0.0668. The van der Waals surface area contributed by atoms with Gasteiger partial charge in [0.15, 0.2) is 0 Å². The molecule has 1 rings (SSSR count). The molecule has 0 aromatic carbocycles. The van der Waals surface area contributed by atoms with Gasteiger partial charge in [0.25, 0.3) is 0 Å². The summed E-state index contributed by atoms with van der Waals surface area (Å²) in [5.41, 5.74) is 0. The van der Waals surface area contributed by atoms with Crippen LogP contribution in [0.3, 0.4) is 0 Å². The Labute approximate surface area is 75.0 Å². The second-order valence-electron chi connectivity index (χ2n) is 2.12. The zero-order chi connectivity index (χ0) is 8.10. The summed E-state index contributed by atoms with van der Waals surface area (Å²) in [6, 6.07) is 0.0668. The van der Waals surface area contributed by atoms with Crippen LogP contribution in [0.2, 0.25) is 0 Å². The van der Waals surface area contributed by atoms with Crippen LogP contribution < -0.4 is 0 Å². The molecule has 0 saturated heterocycles. The SMILES string of the molecule is N#CSC1CC=CC1N=C=S. The van der Waals surface area contributed by atoms with Gasteiger partial charge in [0, 0.05) is 5.25 Å². The zero-order valence-electron chi connectivity index (χ0n) is 5.73. The smallest absolute Gasteiger partial charge is 0.133 e. The molecule has 0 fully saturated rings. The average molecular weight is 182 g/mol. The molecule has 1 aliphatic rings. The Balaban J connectivity index is 2.57. The first-order chi connectivity index (χ1) is 5.38. The van der Waals surface area contributed by atoms with Gasteiger partial charge >= 0.3 is 0 Å². The summed E-state index contributed by atoms with van der Waals surface area (Å²) >= 11 is 5.73. The minimum atomic E-state index is 0.0668. The molecule has 0 spiro atoms. The van der Waals surface area contributed by atoms with E-state index in [2.05, 4.69) is 27.8 Å². The molecule has 0 bridgehead atoms. The molecule has 1 aliphatic carbocycles. The zero-order valence-corrected chi connectivity index (χ0v) is 7.36. The maximum absolute atomic E-state index is 8.41. The first kappa shape index (κ1) is 8.48. The summed E-state index contributed by atoms with van der Waals surface area (Å²) in [5.74, 6) is 0. The van der Waals surface area contributed by atoms with Crippen molar-refractivity contribution in [2.24, 2.45) is 4.99 Å². The molecule has 56 valence electrons. The third-order valence-corrected chi connectivity index (χ3v) is 2.47. The predicted octanol–water partition coefficient (Wildman–Crippen LogP) is 2.00. The van der Waals surface area contributed by atoms with Crippen LogP contribution in [-0.2, 0) is 0 Å². The fourth-order valence-electron chi connectivity index (χ4n) is 0.988. The first-order valence-electron chi connectivity index (χ1n) is 3.17. The van der Waals surface area contributed by atoms with Crippen LogP contribution in [0.4, 0.5) is 0 Å². The maximum atomic E-state index is 8.41. The van der Waals surface area contributed by atoms with Crippen molar-refractivity contribution >= 4 is 29.1 Å². The lowest BCUT2D eigenvalue weighted by atomic mass is 10.3. The number of thioether (sulfide) groups is 1. The fourth-order valence-corrected chi connectivity index (χ4v) is 1.74. The van der Waals surface area contributed by atoms with Crippen molar-refractivity contribution in [3.63, 3.8) is 0 Å². The van der Waals surface area contributed by atoms with Gasteiger partial charge in [-0.3, -0.25) is 0 Å².